The lowest BCUT2D eigenvalue weighted by molar-refractivity contribution is -0.138. The van der Waals surface area contributed by atoms with Crippen molar-refractivity contribution in [3.63, 3.8) is 0 Å². The van der Waals surface area contributed by atoms with Crippen molar-refractivity contribution >= 4 is 34.8 Å². The molecule has 192 valence electrons. The van der Waals surface area contributed by atoms with Gasteiger partial charge in [0.1, 0.15) is 0 Å². The zero-order chi connectivity index (χ0) is 25.5. The van der Waals surface area contributed by atoms with Crippen molar-refractivity contribution in [2.45, 2.75) is 81.0 Å². The largest absolute Gasteiger partial charge is 0.480 e. The molecule has 0 radical (unpaired) electrons. The number of benzene rings is 2. The number of pyridine rings is 1. The molecule has 3 aromatic rings. The summed E-state index contributed by atoms with van der Waals surface area (Å²) in [6.45, 7) is 0. The lowest BCUT2D eigenvalue weighted by atomic mass is 9.83. The summed E-state index contributed by atoms with van der Waals surface area (Å²) in [5, 5.41) is 9.43. The van der Waals surface area contributed by atoms with Gasteiger partial charge >= 0.3 is 5.97 Å². The fraction of sp³-hybridized carbons (Fsp3) is 0.419. The molecule has 2 aliphatic carbocycles. The van der Waals surface area contributed by atoms with Crippen LogP contribution in [-0.4, -0.2) is 22.1 Å². The van der Waals surface area contributed by atoms with Crippen molar-refractivity contribution < 1.29 is 9.90 Å². The number of alkyl halides is 1. The second-order valence-electron chi connectivity index (χ2n) is 10.9. The van der Waals surface area contributed by atoms with Crippen molar-refractivity contribution in [1.29, 1.82) is 0 Å². The maximum atomic E-state index is 12.4. The number of rotatable bonds is 5. The van der Waals surface area contributed by atoms with Crippen LogP contribution in [0.5, 0.6) is 0 Å². The van der Waals surface area contributed by atoms with E-state index in [1.807, 2.05) is 30.5 Å². The van der Waals surface area contributed by atoms with Crippen LogP contribution < -0.4 is 10.6 Å². The predicted octanol–water partition coefficient (Wildman–Crippen LogP) is 7.92. The molecule has 0 amide bonds. The maximum absolute atomic E-state index is 12.4. The van der Waals surface area contributed by atoms with E-state index in [0.29, 0.717) is 23.3 Å². The summed E-state index contributed by atoms with van der Waals surface area (Å²) in [7, 11) is 0. The first-order valence-electron chi connectivity index (χ1n) is 13.7. The molecule has 0 bridgehead atoms. The molecule has 3 N–H and O–H groups in total. The first kappa shape index (κ1) is 24.3. The van der Waals surface area contributed by atoms with Crippen LogP contribution >= 0.6 is 11.6 Å². The molecule has 2 aromatic carbocycles. The summed E-state index contributed by atoms with van der Waals surface area (Å²) in [6.07, 6.45) is 13.2. The number of carboxylic acids is 1. The zero-order valence-corrected chi connectivity index (χ0v) is 21.8. The van der Waals surface area contributed by atoms with Crippen LogP contribution in [0.1, 0.15) is 91.7 Å². The summed E-state index contributed by atoms with van der Waals surface area (Å²) in [5.74, 6) is 0.620. The third-order valence-corrected chi connectivity index (χ3v) is 9.16. The van der Waals surface area contributed by atoms with Crippen molar-refractivity contribution in [2.75, 3.05) is 10.6 Å². The van der Waals surface area contributed by atoms with Gasteiger partial charge in [-0.3, -0.25) is 0 Å². The monoisotopic (exact) mass is 515 g/mol. The van der Waals surface area contributed by atoms with E-state index < -0.39 is 17.4 Å². The SMILES string of the molecule is Nc1cc(C2CCCC2)cnc1N1c2ccc(-c3ccc(C4CCCCC4)cc3)cc2C(Cl)C1C(=O)O. The summed E-state index contributed by atoms with van der Waals surface area (Å²) < 4.78 is 0. The number of halogens is 1. The molecule has 2 fully saturated rings. The van der Waals surface area contributed by atoms with Gasteiger partial charge in [0, 0.05) is 11.9 Å². The van der Waals surface area contributed by atoms with Gasteiger partial charge in [-0.25, -0.2) is 9.78 Å². The van der Waals surface area contributed by atoms with Crippen LogP contribution in [0.4, 0.5) is 17.2 Å². The van der Waals surface area contributed by atoms with E-state index in [4.69, 9.17) is 17.3 Å². The Hall–Kier alpha value is -3.05. The summed E-state index contributed by atoms with van der Waals surface area (Å²) >= 11 is 6.83. The summed E-state index contributed by atoms with van der Waals surface area (Å²) in [6, 6.07) is 15.9. The molecule has 1 aliphatic heterocycles. The Morgan fingerprint density at radius 3 is 2.14 bits per heavy atom. The van der Waals surface area contributed by atoms with Crippen LogP contribution in [0.25, 0.3) is 11.1 Å². The topological polar surface area (TPSA) is 79.5 Å². The number of aromatic nitrogens is 1. The Labute approximate surface area is 223 Å². The molecular formula is C31H34ClN3O2. The number of hydrogen-bond acceptors (Lipinski definition) is 4. The number of nitrogens with two attached hydrogens (primary N) is 1. The van der Waals surface area contributed by atoms with Gasteiger partial charge in [0.25, 0.3) is 0 Å². The predicted molar refractivity (Wildman–Crippen MR) is 150 cm³/mol. The minimum Gasteiger partial charge on any atom is -0.480 e. The molecule has 37 heavy (non-hydrogen) atoms. The molecule has 2 atom stereocenters. The third-order valence-electron chi connectivity index (χ3n) is 8.68. The number of fused-ring (bicyclic) bond motifs is 1. The molecule has 5 nitrogen and oxygen atoms in total. The number of carboxylic acid groups (broad SMARTS) is 1. The second-order valence-corrected chi connectivity index (χ2v) is 11.4. The highest BCUT2D eigenvalue weighted by Gasteiger charge is 2.44. The lowest BCUT2D eigenvalue weighted by Crippen LogP contribution is -2.37. The molecule has 0 spiro atoms. The van der Waals surface area contributed by atoms with Gasteiger partial charge in [0.15, 0.2) is 11.9 Å². The molecular weight excluding hydrogens is 482 g/mol. The van der Waals surface area contributed by atoms with Gasteiger partial charge in [-0.05, 0) is 83.5 Å². The number of carbonyl (C=O) groups is 1. The summed E-state index contributed by atoms with van der Waals surface area (Å²) in [4.78, 5) is 18.8. The highest BCUT2D eigenvalue weighted by atomic mass is 35.5. The van der Waals surface area contributed by atoms with Crippen LogP contribution in [0, 0.1) is 0 Å². The first-order valence-corrected chi connectivity index (χ1v) is 14.1. The second kappa shape index (κ2) is 10.0. The Balaban J connectivity index is 1.33. The molecule has 2 heterocycles. The Kier molecular flexibility index (Phi) is 6.58. The van der Waals surface area contributed by atoms with Crippen LogP contribution in [0.3, 0.4) is 0 Å². The molecule has 6 rings (SSSR count). The molecule has 6 heteroatoms. The number of anilines is 3. The smallest absolute Gasteiger partial charge is 0.328 e. The molecule has 3 aliphatic rings. The molecule has 1 aromatic heterocycles. The number of nitrogen functional groups attached to an aromatic ring is 1. The zero-order valence-electron chi connectivity index (χ0n) is 21.1. The number of hydrogen-bond donors (Lipinski definition) is 2. The Morgan fingerprint density at radius 1 is 0.865 bits per heavy atom. The van der Waals surface area contributed by atoms with E-state index in [0.717, 1.165) is 40.8 Å². The molecule has 0 saturated heterocycles. The third kappa shape index (κ3) is 4.48. The van der Waals surface area contributed by atoms with Gasteiger partial charge < -0.3 is 15.7 Å². The van der Waals surface area contributed by atoms with Gasteiger partial charge in [-0.15, -0.1) is 11.6 Å². The van der Waals surface area contributed by atoms with E-state index in [1.54, 1.807) is 4.90 Å². The quantitative estimate of drug-likeness (QED) is 0.337. The minimum atomic E-state index is -0.990. The van der Waals surface area contributed by atoms with E-state index >= 15 is 0 Å². The summed E-state index contributed by atoms with van der Waals surface area (Å²) in [5.41, 5.74) is 13.2. The van der Waals surface area contributed by atoms with Gasteiger partial charge in [0.2, 0.25) is 0 Å². The van der Waals surface area contributed by atoms with E-state index in [2.05, 4.69) is 29.2 Å². The van der Waals surface area contributed by atoms with Crippen molar-refractivity contribution in [3.8, 4) is 11.1 Å². The normalized spacial score (nSPS) is 22.4. The van der Waals surface area contributed by atoms with Crippen molar-refractivity contribution in [2.24, 2.45) is 0 Å². The van der Waals surface area contributed by atoms with Gasteiger partial charge in [-0.2, -0.15) is 0 Å². The van der Waals surface area contributed by atoms with E-state index in [1.165, 1.54) is 50.5 Å². The van der Waals surface area contributed by atoms with Crippen LogP contribution in [0.2, 0.25) is 0 Å². The lowest BCUT2D eigenvalue weighted by Gasteiger charge is -2.26. The highest BCUT2D eigenvalue weighted by Crippen LogP contribution is 2.50. The first-order chi connectivity index (χ1) is 18.0. The standard InChI is InChI=1S/C31H34ClN3O2/c32-28-25-16-23(22-12-10-21(11-13-22)19-6-2-1-3-7-19)14-15-27(25)35(29(28)31(36)37)30-26(33)17-24(18-34-30)20-8-4-5-9-20/h10-20,28-29H,1-9,33H2,(H,36,37). The van der Waals surface area contributed by atoms with Gasteiger partial charge in [0.05, 0.1) is 11.1 Å². The van der Waals surface area contributed by atoms with Crippen molar-refractivity contribution in [3.05, 3.63) is 71.4 Å². The van der Waals surface area contributed by atoms with E-state index in [9.17, 15) is 9.90 Å². The average Bonchev–Trinajstić information content (AvgIpc) is 3.56. The highest BCUT2D eigenvalue weighted by molar-refractivity contribution is 6.25. The van der Waals surface area contributed by atoms with E-state index in [-0.39, 0.29) is 0 Å². The maximum Gasteiger partial charge on any atom is 0.328 e. The number of aliphatic carboxylic acids is 1. The van der Waals surface area contributed by atoms with Crippen LogP contribution in [0.15, 0.2) is 54.7 Å². The fourth-order valence-electron chi connectivity index (χ4n) is 6.67. The minimum absolute atomic E-state index is 0.461. The fourth-order valence-corrected chi connectivity index (χ4v) is 7.06. The Bertz CT molecular complexity index is 1300. The van der Waals surface area contributed by atoms with Gasteiger partial charge in [-0.1, -0.05) is 62.4 Å². The molecule has 2 saturated carbocycles. The van der Waals surface area contributed by atoms with Crippen molar-refractivity contribution in [1.82, 2.24) is 4.98 Å². The Morgan fingerprint density at radius 2 is 1.49 bits per heavy atom. The average molecular weight is 516 g/mol. The number of nitrogens with zero attached hydrogens (tertiary/aromatic N) is 2. The van der Waals surface area contributed by atoms with Crippen LogP contribution in [-0.2, 0) is 4.79 Å². The molecule has 2 unspecified atom stereocenters.